The average Bonchev–Trinajstić information content (AvgIpc) is 3.34. The van der Waals surface area contributed by atoms with E-state index >= 15 is 0 Å². The number of carbonyl (C=O) groups excluding carboxylic acids is 3. The second-order valence-electron chi connectivity index (χ2n) is 9.08. The third-order valence-corrected chi connectivity index (χ3v) is 7.49. The lowest BCUT2D eigenvalue weighted by Crippen LogP contribution is -2.53. The van der Waals surface area contributed by atoms with E-state index in [-0.39, 0.29) is 42.4 Å². The molecule has 1 aromatic rings. The predicted octanol–water partition coefficient (Wildman–Crippen LogP) is 1.70. The molecule has 0 saturated carbocycles. The van der Waals surface area contributed by atoms with Crippen LogP contribution in [0.4, 0.5) is 4.79 Å². The molecule has 0 aromatic heterocycles. The largest absolute Gasteiger partial charge is 0.465 e. The smallest absolute Gasteiger partial charge is 0.408 e. The monoisotopic (exact) mass is 460 g/mol. The number of rotatable bonds is 4. The number of hydrogen-bond acceptors (Lipinski definition) is 5. The van der Waals surface area contributed by atoms with Crippen LogP contribution in [0.1, 0.15) is 35.2 Å². The number of likely N-dealkylation sites (tertiary alicyclic amines) is 4. The van der Waals surface area contributed by atoms with Gasteiger partial charge in [-0.15, -0.1) is 0 Å². The van der Waals surface area contributed by atoms with E-state index in [0.29, 0.717) is 36.8 Å². The Labute approximate surface area is 190 Å². The van der Waals surface area contributed by atoms with E-state index in [1.54, 1.807) is 17.0 Å². The minimum Gasteiger partial charge on any atom is -0.465 e. The lowest BCUT2D eigenvalue weighted by Gasteiger charge is -2.33. The molecule has 32 heavy (non-hydrogen) atoms. The van der Waals surface area contributed by atoms with Crippen molar-refractivity contribution in [3.63, 3.8) is 0 Å². The van der Waals surface area contributed by atoms with Crippen molar-refractivity contribution in [1.82, 2.24) is 19.6 Å². The predicted molar refractivity (Wildman–Crippen MR) is 114 cm³/mol. The van der Waals surface area contributed by atoms with Gasteiger partial charge in [-0.1, -0.05) is 17.7 Å². The first kappa shape index (κ1) is 21.2. The van der Waals surface area contributed by atoms with E-state index < -0.39 is 12.3 Å². The summed E-state index contributed by atoms with van der Waals surface area (Å²) in [5.41, 5.74) is 1.48. The van der Waals surface area contributed by atoms with Crippen molar-refractivity contribution in [2.75, 3.05) is 32.7 Å². The Kier molecular flexibility index (Phi) is 5.33. The number of benzene rings is 1. The SMILES string of the molecule is O=C(c1ccc(CN2CC3CN(C(=O)O)C(N4C(=O)CCC4=O)C3C2)c(Cl)c1)N1CCC1. The Balaban J connectivity index is 1.30. The zero-order valence-corrected chi connectivity index (χ0v) is 18.3. The van der Waals surface area contributed by atoms with Gasteiger partial charge >= 0.3 is 6.09 Å². The van der Waals surface area contributed by atoms with Gasteiger partial charge in [0.1, 0.15) is 6.17 Å². The Morgan fingerprint density at radius 1 is 1.06 bits per heavy atom. The highest BCUT2D eigenvalue weighted by atomic mass is 35.5. The number of hydrogen-bond donors (Lipinski definition) is 1. The fourth-order valence-electron chi connectivity index (χ4n) is 5.40. The van der Waals surface area contributed by atoms with Gasteiger partial charge in [0.15, 0.2) is 0 Å². The van der Waals surface area contributed by atoms with Crippen molar-refractivity contribution in [3.05, 3.63) is 34.3 Å². The molecule has 4 fully saturated rings. The van der Waals surface area contributed by atoms with Crippen molar-refractivity contribution in [2.24, 2.45) is 11.8 Å². The summed E-state index contributed by atoms with van der Waals surface area (Å²) >= 11 is 6.49. The van der Waals surface area contributed by atoms with E-state index in [0.717, 1.165) is 25.1 Å². The molecule has 0 aliphatic carbocycles. The molecule has 10 heteroatoms. The summed E-state index contributed by atoms with van der Waals surface area (Å²) in [4.78, 5) is 55.3. The van der Waals surface area contributed by atoms with E-state index in [2.05, 4.69) is 4.90 Å². The molecule has 3 atom stereocenters. The maximum Gasteiger partial charge on any atom is 0.408 e. The number of fused-ring (bicyclic) bond motifs is 1. The van der Waals surface area contributed by atoms with Crippen LogP contribution in [-0.4, -0.2) is 87.4 Å². The summed E-state index contributed by atoms with van der Waals surface area (Å²) in [6, 6.07) is 5.39. The lowest BCUT2D eigenvalue weighted by atomic mass is 9.97. The molecule has 5 rings (SSSR count). The van der Waals surface area contributed by atoms with Gasteiger partial charge in [0, 0.05) is 68.6 Å². The molecule has 4 heterocycles. The van der Waals surface area contributed by atoms with Gasteiger partial charge < -0.3 is 10.0 Å². The van der Waals surface area contributed by atoms with Crippen LogP contribution < -0.4 is 0 Å². The molecule has 0 bridgehead atoms. The molecule has 1 N–H and O–H groups in total. The van der Waals surface area contributed by atoms with Crippen LogP contribution in [0, 0.1) is 11.8 Å². The quantitative estimate of drug-likeness (QED) is 0.686. The zero-order chi connectivity index (χ0) is 22.6. The Bertz CT molecular complexity index is 981. The van der Waals surface area contributed by atoms with Crippen molar-refractivity contribution >= 4 is 35.4 Å². The van der Waals surface area contributed by atoms with Crippen LogP contribution in [0.5, 0.6) is 0 Å². The molecule has 4 amide bonds. The molecule has 1 aromatic carbocycles. The average molecular weight is 461 g/mol. The highest BCUT2D eigenvalue weighted by molar-refractivity contribution is 6.31. The molecular formula is C22H25ClN4O5. The molecule has 170 valence electrons. The summed E-state index contributed by atoms with van der Waals surface area (Å²) in [5, 5.41) is 10.2. The van der Waals surface area contributed by atoms with Gasteiger partial charge in [0.05, 0.1) is 0 Å². The summed E-state index contributed by atoms with van der Waals surface area (Å²) in [5.74, 6) is -0.671. The van der Waals surface area contributed by atoms with Crippen molar-refractivity contribution in [1.29, 1.82) is 0 Å². The summed E-state index contributed by atoms with van der Waals surface area (Å²) in [6.45, 7) is 3.66. The van der Waals surface area contributed by atoms with Gasteiger partial charge in [0.25, 0.3) is 5.91 Å². The number of carbonyl (C=O) groups is 4. The fourth-order valence-corrected chi connectivity index (χ4v) is 5.64. The molecule has 0 spiro atoms. The second kappa shape index (κ2) is 8.04. The highest BCUT2D eigenvalue weighted by Crippen LogP contribution is 2.40. The first-order valence-electron chi connectivity index (χ1n) is 11.0. The van der Waals surface area contributed by atoms with Gasteiger partial charge in [-0.25, -0.2) is 4.79 Å². The number of nitrogens with zero attached hydrogens (tertiary/aromatic N) is 4. The number of amides is 4. The normalized spacial score (nSPS) is 27.8. The van der Waals surface area contributed by atoms with Crippen molar-refractivity contribution in [2.45, 2.75) is 32.0 Å². The Hall–Kier alpha value is -2.65. The van der Waals surface area contributed by atoms with Crippen LogP contribution in [0.25, 0.3) is 0 Å². The number of carboxylic acid groups (broad SMARTS) is 1. The van der Waals surface area contributed by atoms with Crippen LogP contribution in [0.2, 0.25) is 5.02 Å². The minimum absolute atomic E-state index is 0.00282. The standard InChI is InChI=1S/C22H25ClN4O5/c23-17-8-13(21(30)25-6-1-7-25)2-3-14(17)9-24-10-15-11-26(22(31)32)20(16(15)12-24)27-18(28)4-5-19(27)29/h2-3,8,15-16,20H,1,4-7,9-12H2,(H,31,32). The van der Waals surface area contributed by atoms with E-state index in [4.69, 9.17) is 11.6 Å². The van der Waals surface area contributed by atoms with Gasteiger partial charge in [-0.05, 0) is 30.0 Å². The molecule has 3 unspecified atom stereocenters. The Morgan fingerprint density at radius 3 is 2.38 bits per heavy atom. The van der Waals surface area contributed by atoms with Crippen molar-refractivity contribution < 1.29 is 24.3 Å². The van der Waals surface area contributed by atoms with Crippen LogP contribution >= 0.6 is 11.6 Å². The zero-order valence-electron chi connectivity index (χ0n) is 17.6. The summed E-state index contributed by atoms with van der Waals surface area (Å²) in [7, 11) is 0. The van der Waals surface area contributed by atoms with Gasteiger partial charge in [-0.3, -0.25) is 29.1 Å². The highest BCUT2D eigenvalue weighted by Gasteiger charge is 2.54. The molecule has 0 radical (unpaired) electrons. The first-order valence-corrected chi connectivity index (χ1v) is 11.4. The van der Waals surface area contributed by atoms with Gasteiger partial charge in [-0.2, -0.15) is 0 Å². The van der Waals surface area contributed by atoms with Gasteiger partial charge in [0.2, 0.25) is 11.8 Å². The van der Waals surface area contributed by atoms with Crippen molar-refractivity contribution in [3.8, 4) is 0 Å². The maximum absolute atomic E-state index is 12.4. The molecule has 4 aliphatic heterocycles. The van der Waals surface area contributed by atoms with E-state index in [9.17, 15) is 24.3 Å². The van der Waals surface area contributed by atoms with Crippen LogP contribution in [0.3, 0.4) is 0 Å². The molecule has 4 aliphatic rings. The number of halogens is 1. The minimum atomic E-state index is -1.10. The fraction of sp³-hybridized carbons (Fsp3) is 0.545. The van der Waals surface area contributed by atoms with Crippen LogP contribution in [0.15, 0.2) is 18.2 Å². The van der Waals surface area contributed by atoms with Crippen LogP contribution in [-0.2, 0) is 16.1 Å². The summed E-state index contributed by atoms with van der Waals surface area (Å²) in [6.07, 6.45) is -0.528. The topological polar surface area (TPSA) is 101 Å². The third kappa shape index (κ3) is 3.53. The Morgan fingerprint density at radius 2 is 1.78 bits per heavy atom. The second-order valence-corrected chi connectivity index (χ2v) is 9.48. The molecule has 9 nitrogen and oxygen atoms in total. The third-order valence-electron chi connectivity index (χ3n) is 7.14. The molecular weight excluding hydrogens is 436 g/mol. The molecule has 4 saturated heterocycles. The maximum atomic E-state index is 12.4. The first-order chi connectivity index (χ1) is 15.3. The number of imide groups is 1. The summed E-state index contributed by atoms with van der Waals surface area (Å²) < 4.78 is 0. The van der Waals surface area contributed by atoms with E-state index in [1.165, 1.54) is 9.80 Å². The van der Waals surface area contributed by atoms with E-state index in [1.807, 2.05) is 6.07 Å². The lowest BCUT2D eigenvalue weighted by molar-refractivity contribution is -0.145.